The first-order valence-electron chi connectivity index (χ1n) is 10.3. The summed E-state index contributed by atoms with van der Waals surface area (Å²) in [5.41, 5.74) is 4.52. The Hall–Kier alpha value is -3.57. The predicted molar refractivity (Wildman–Crippen MR) is 131 cm³/mol. The SMILES string of the molecule is CSCc1ccc(C(=O)Nc2ccc(OC(c3ccccc3)c3ccccc3)nc2)cc1. The van der Waals surface area contributed by atoms with Gasteiger partial charge in [-0.3, -0.25) is 4.79 Å². The maximum Gasteiger partial charge on any atom is 0.255 e. The van der Waals surface area contributed by atoms with Crippen LogP contribution in [-0.4, -0.2) is 17.1 Å². The van der Waals surface area contributed by atoms with Crippen LogP contribution in [0.5, 0.6) is 5.88 Å². The summed E-state index contributed by atoms with van der Waals surface area (Å²) >= 11 is 1.75. The minimum absolute atomic E-state index is 0.164. The highest BCUT2D eigenvalue weighted by atomic mass is 32.2. The van der Waals surface area contributed by atoms with Crippen molar-refractivity contribution in [2.24, 2.45) is 0 Å². The van der Waals surface area contributed by atoms with Crippen molar-refractivity contribution in [3.63, 3.8) is 0 Å². The zero-order valence-corrected chi connectivity index (χ0v) is 18.6. The molecular weight excluding hydrogens is 416 g/mol. The molecule has 0 saturated heterocycles. The van der Waals surface area contributed by atoms with E-state index in [2.05, 4.69) is 16.6 Å². The van der Waals surface area contributed by atoms with Gasteiger partial charge in [-0.25, -0.2) is 4.98 Å². The number of carbonyl (C=O) groups is 1. The zero-order valence-electron chi connectivity index (χ0n) is 17.8. The Bertz CT molecular complexity index is 1090. The summed E-state index contributed by atoms with van der Waals surface area (Å²) in [6.07, 6.45) is 3.40. The number of pyridine rings is 1. The first kappa shape index (κ1) is 21.7. The van der Waals surface area contributed by atoms with Crippen molar-refractivity contribution in [3.05, 3.63) is 126 Å². The van der Waals surface area contributed by atoms with Gasteiger partial charge in [0.25, 0.3) is 5.91 Å². The standard InChI is InChI=1S/C27H24N2O2S/c1-32-19-20-12-14-23(15-13-20)27(30)29-24-16-17-25(28-18-24)31-26(21-8-4-2-5-9-21)22-10-6-3-7-11-22/h2-18,26H,19H2,1H3,(H,29,30). The maximum absolute atomic E-state index is 12.5. The van der Waals surface area contributed by atoms with Crippen LogP contribution in [0.4, 0.5) is 5.69 Å². The molecule has 1 N–H and O–H groups in total. The summed E-state index contributed by atoms with van der Waals surface area (Å²) in [6.45, 7) is 0. The summed E-state index contributed by atoms with van der Waals surface area (Å²) in [5, 5.41) is 2.89. The number of hydrogen-bond donors (Lipinski definition) is 1. The molecule has 0 saturated carbocycles. The van der Waals surface area contributed by atoms with Gasteiger partial charge in [0.1, 0.15) is 0 Å². The first-order valence-corrected chi connectivity index (χ1v) is 11.7. The van der Waals surface area contributed by atoms with E-state index in [9.17, 15) is 4.79 Å². The van der Waals surface area contributed by atoms with E-state index in [4.69, 9.17) is 4.74 Å². The average molecular weight is 441 g/mol. The van der Waals surface area contributed by atoms with Gasteiger partial charge in [-0.05, 0) is 41.1 Å². The summed E-state index contributed by atoms with van der Waals surface area (Å²) in [5.74, 6) is 1.25. The lowest BCUT2D eigenvalue weighted by Crippen LogP contribution is -2.13. The van der Waals surface area contributed by atoms with E-state index in [-0.39, 0.29) is 12.0 Å². The maximum atomic E-state index is 12.5. The van der Waals surface area contributed by atoms with Gasteiger partial charge in [-0.15, -0.1) is 0 Å². The van der Waals surface area contributed by atoms with Crippen LogP contribution in [0, 0.1) is 0 Å². The fraction of sp³-hybridized carbons (Fsp3) is 0.111. The van der Waals surface area contributed by atoms with E-state index in [1.807, 2.05) is 84.9 Å². The third-order valence-electron chi connectivity index (χ3n) is 4.96. The van der Waals surface area contributed by atoms with Crippen molar-refractivity contribution >= 4 is 23.4 Å². The minimum atomic E-state index is -0.273. The van der Waals surface area contributed by atoms with Crippen LogP contribution in [-0.2, 0) is 5.75 Å². The highest BCUT2D eigenvalue weighted by Crippen LogP contribution is 2.27. The van der Waals surface area contributed by atoms with E-state index >= 15 is 0 Å². The van der Waals surface area contributed by atoms with Crippen molar-refractivity contribution in [1.29, 1.82) is 0 Å². The lowest BCUT2D eigenvalue weighted by molar-refractivity contribution is 0.102. The Morgan fingerprint density at radius 3 is 2.03 bits per heavy atom. The molecule has 4 rings (SSSR count). The Kier molecular flexibility index (Phi) is 7.20. The molecule has 0 aliphatic heterocycles. The first-order chi connectivity index (χ1) is 15.7. The second-order valence-corrected chi connectivity index (χ2v) is 8.15. The topological polar surface area (TPSA) is 51.2 Å². The molecule has 0 bridgehead atoms. The molecule has 4 nitrogen and oxygen atoms in total. The molecule has 0 atom stereocenters. The summed E-state index contributed by atoms with van der Waals surface area (Å²) in [6, 6.07) is 31.3. The second kappa shape index (κ2) is 10.6. The Labute approximate surface area is 192 Å². The number of anilines is 1. The summed E-state index contributed by atoms with van der Waals surface area (Å²) in [7, 11) is 0. The van der Waals surface area contributed by atoms with Crippen LogP contribution in [0.1, 0.15) is 33.2 Å². The normalized spacial score (nSPS) is 10.7. The molecule has 1 amide bonds. The van der Waals surface area contributed by atoms with Gasteiger partial charge < -0.3 is 10.1 Å². The van der Waals surface area contributed by atoms with Crippen molar-refractivity contribution < 1.29 is 9.53 Å². The summed E-state index contributed by atoms with van der Waals surface area (Å²) in [4.78, 5) is 17.0. The number of carbonyl (C=O) groups excluding carboxylic acids is 1. The number of rotatable bonds is 8. The summed E-state index contributed by atoms with van der Waals surface area (Å²) < 4.78 is 6.24. The number of benzene rings is 3. The second-order valence-electron chi connectivity index (χ2n) is 7.29. The molecule has 1 aromatic heterocycles. The van der Waals surface area contributed by atoms with Crippen LogP contribution in [0.25, 0.3) is 0 Å². The van der Waals surface area contributed by atoms with E-state index in [1.165, 1.54) is 5.56 Å². The lowest BCUT2D eigenvalue weighted by Gasteiger charge is -2.19. The van der Waals surface area contributed by atoms with E-state index in [0.717, 1.165) is 16.9 Å². The van der Waals surface area contributed by atoms with Gasteiger partial charge in [0.15, 0.2) is 6.10 Å². The minimum Gasteiger partial charge on any atom is -0.465 e. The predicted octanol–water partition coefficient (Wildman–Crippen LogP) is 6.37. The van der Waals surface area contributed by atoms with Gasteiger partial charge in [0.2, 0.25) is 5.88 Å². The molecule has 0 aliphatic rings. The zero-order chi connectivity index (χ0) is 22.2. The lowest BCUT2D eigenvalue weighted by atomic mass is 10.0. The number of nitrogens with zero attached hydrogens (tertiary/aromatic N) is 1. The molecule has 0 spiro atoms. The van der Waals surface area contributed by atoms with Gasteiger partial charge in [0, 0.05) is 17.4 Å². The molecule has 0 fully saturated rings. The number of aromatic nitrogens is 1. The number of thioether (sulfide) groups is 1. The van der Waals surface area contributed by atoms with Gasteiger partial charge in [-0.1, -0.05) is 72.8 Å². The van der Waals surface area contributed by atoms with E-state index in [0.29, 0.717) is 17.1 Å². The Morgan fingerprint density at radius 1 is 0.875 bits per heavy atom. The molecule has 32 heavy (non-hydrogen) atoms. The van der Waals surface area contributed by atoms with Crippen LogP contribution in [0.2, 0.25) is 0 Å². The average Bonchev–Trinajstić information content (AvgIpc) is 2.85. The molecular formula is C27H24N2O2S. The number of ether oxygens (including phenoxy) is 1. The van der Waals surface area contributed by atoms with Crippen molar-refractivity contribution in [2.45, 2.75) is 11.9 Å². The van der Waals surface area contributed by atoms with Crippen molar-refractivity contribution in [3.8, 4) is 5.88 Å². The molecule has 5 heteroatoms. The monoisotopic (exact) mass is 440 g/mol. The third-order valence-corrected chi connectivity index (χ3v) is 5.59. The molecule has 0 unspecified atom stereocenters. The third kappa shape index (κ3) is 5.56. The Balaban J connectivity index is 1.46. The fourth-order valence-corrected chi connectivity index (χ4v) is 3.88. The van der Waals surface area contributed by atoms with Crippen molar-refractivity contribution in [1.82, 2.24) is 4.98 Å². The van der Waals surface area contributed by atoms with Gasteiger partial charge in [-0.2, -0.15) is 11.8 Å². The number of nitrogens with one attached hydrogen (secondary N) is 1. The van der Waals surface area contributed by atoms with Crippen LogP contribution < -0.4 is 10.1 Å². The fourth-order valence-electron chi connectivity index (χ4n) is 3.35. The Morgan fingerprint density at radius 2 is 1.50 bits per heavy atom. The highest BCUT2D eigenvalue weighted by molar-refractivity contribution is 7.97. The van der Waals surface area contributed by atoms with E-state index in [1.54, 1.807) is 30.1 Å². The van der Waals surface area contributed by atoms with Crippen LogP contribution >= 0.6 is 11.8 Å². The molecule has 4 aromatic rings. The van der Waals surface area contributed by atoms with Gasteiger partial charge in [0.05, 0.1) is 11.9 Å². The number of hydrogen-bond acceptors (Lipinski definition) is 4. The largest absolute Gasteiger partial charge is 0.465 e. The number of amides is 1. The smallest absolute Gasteiger partial charge is 0.255 e. The van der Waals surface area contributed by atoms with Gasteiger partial charge >= 0.3 is 0 Å². The molecule has 3 aromatic carbocycles. The highest BCUT2D eigenvalue weighted by Gasteiger charge is 2.16. The van der Waals surface area contributed by atoms with Crippen LogP contribution in [0.15, 0.2) is 103 Å². The van der Waals surface area contributed by atoms with Crippen LogP contribution in [0.3, 0.4) is 0 Å². The quantitative estimate of drug-likeness (QED) is 0.346. The molecule has 1 heterocycles. The molecule has 160 valence electrons. The van der Waals surface area contributed by atoms with Crippen molar-refractivity contribution in [2.75, 3.05) is 11.6 Å². The molecule has 0 radical (unpaired) electrons. The van der Waals surface area contributed by atoms with E-state index < -0.39 is 0 Å². The molecule has 0 aliphatic carbocycles.